The van der Waals surface area contributed by atoms with Crippen molar-refractivity contribution in [3.05, 3.63) is 114 Å². The average Bonchev–Trinajstić information content (AvgIpc) is 3.14. The van der Waals surface area contributed by atoms with Gasteiger partial charge in [0.15, 0.2) is 0 Å². The number of rotatable bonds is 15. The summed E-state index contributed by atoms with van der Waals surface area (Å²) < 4.78 is 7.88. The first-order valence-corrected chi connectivity index (χ1v) is 18.1. The van der Waals surface area contributed by atoms with Crippen LogP contribution in [-0.2, 0) is 6.54 Å². The van der Waals surface area contributed by atoms with Crippen LogP contribution in [0.4, 0.5) is 11.4 Å². The van der Waals surface area contributed by atoms with Gasteiger partial charge in [-0.1, -0.05) is 54.1 Å². The molecule has 8 nitrogen and oxygen atoms in total. The smallest absolute Gasteiger partial charge is 0.119 e. The van der Waals surface area contributed by atoms with Crippen LogP contribution < -0.4 is 31.8 Å². The lowest BCUT2D eigenvalue weighted by Crippen LogP contribution is -2.25. The first-order chi connectivity index (χ1) is 25.0. The van der Waals surface area contributed by atoms with Crippen molar-refractivity contribution in [2.24, 2.45) is 0 Å². The van der Waals surface area contributed by atoms with Crippen molar-refractivity contribution in [2.45, 2.75) is 25.8 Å². The number of pyridine rings is 2. The summed E-state index contributed by atoms with van der Waals surface area (Å²) in [4.78, 5) is 4.83. The molecule has 0 saturated heterocycles. The molecule has 0 amide bonds. The highest BCUT2D eigenvalue weighted by molar-refractivity contribution is 6.31. The minimum atomic E-state index is 0.511. The molecule has 0 unspecified atom stereocenters. The molecule has 1 aliphatic heterocycles. The molecule has 7 rings (SSSR count). The second-order valence-corrected chi connectivity index (χ2v) is 13.4. The predicted molar refractivity (Wildman–Crippen MR) is 213 cm³/mol. The van der Waals surface area contributed by atoms with Crippen LogP contribution in [0, 0.1) is 5.41 Å². The van der Waals surface area contributed by atoms with E-state index in [1.807, 2.05) is 60.7 Å². The zero-order valence-electron chi connectivity index (χ0n) is 28.9. The van der Waals surface area contributed by atoms with Gasteiger partial charge in [-0.15, -0.1) is 0 Å². The lowest BCUT2D eigenvalue weighted by atomic mass is 9.95. The van der Waals surface area contributed by atoms with Crippen molar-refractivity contribution >= 4 is 55.6 Å². The van der Waals surface area contributed by atoms with Crippen LogP contribution in [0.1, 0.15) is 19.3 Å². The van der Waals surface area contributed by atoms with E-state index in [9.17, 15) is 0 Å². The lowest BCUT2D eigenvalue weighted by molar-refractivity contribution is 0.415. The molecule has 2 heterocycles. The van der Waals surface area contributed by atoms with Crippen molar-refractivity contribution in [1.82, 2.24) is 20.2 Å². The number of anilines is 2. The van der Waals surface area contributed by atoms with Gasteiger partial charge >= 0.3 is 0 Å². The average molecular weight is 698 g/mol. The molecule has 1 aliphatic carbocycles. The van der Waals surface area contributed by atoms with Crippen LogP contribution in [0.2, 0.25) is 5.02 Å². The highest BCUT2D eigenvalue weighted by Crippen LogP contribution is 2.39. The van der Waals surface area contributed by atoms with Gasteiger partial charge in [0.1, 0.15) is 5.75 Å². The third kappa shape index (κ3) is 7.64. The van der Waals surface area contributed by atoms with E-state index in [2.05, 4.69) is 63.0 Å². The van der Waals surface area contributed by atoms with Crippen LogP contribution in [0.3, 0.4) is 0 Å². The summed E-state index contributed by atoms with van der Waals surface area (Å²) in [6.07, 6.45) is 3.00. The van der Waals surface area contributed by atoms with Crippen molar-refractivity contribution < 1.29 is 4.74 Å². The van der Waals surface area contributed by atoms with Crippen molar-refractivity contribution in [3.8, 4) is 28.3 Å². The molecule has 0 spiro atoms. The Bertz CT molecular complexity index is 2320. The third-order valence-electron chi connectivity index (χ3n) is 9.41. The summed E-state index contributed by atoms with van der Waals surface area (Å²) in [6, 6.07) is 34.4. The number of aromatic nitrogens is 2. The molecule has 51 heavy (non-hydrogen) atoms. The van der Waals surface area contributed by atoms with Gasteiger partial charge in [-0.3, -0.25) is 0 Å². The molecule has 0 fully saturated rings. The Labute approximate surface area is 303 Å². The second-order valence-electron chi connectivity index (χ2n) is 12.9. The number of hydrogen-bond acceptors (Lipinski definition) is 7. The Balaban J connectivity index is 0.908. The number of halogens is 1. The fourth-order valence-corrected chi connectivity index (χ4v) is 7.14. The minimum Gasteiger partial charge on any atom is -0.497 e. The number of nitrogens with one attached hydrogen (secondary N) is 4. The van der Waals surface area contributed by atoms with Crippen molar-refractivity contribution in [2.75, 3.05) is 50.9 Å². The van der Waals surface area contributed by atoms with Crippen LogP contribution in [0.5, 0.6) is 5.75 Å². The van der Waals surface area contributed by atoms with Crippen molar-refractivity contribution in [1.29, 1.82) is 5.41 Å². The summed E-state index contributed by atoms with van der Waals surface area (Å²) in [6.45, 7) is 5.41. The number of ether oxygens (including phenoxy) is 1. The highest BCUT2D eigenvalue weighted by atomic mass is 35.5. The van der Waals surface area contributed by atoms with E-state index in [0.717, 1.165) is 131 Å². The van der Waals surface area contributed by atoms with Crippen molar-refractivity contribution in [3.63, 3.8) is 0 Å². The zero-order chi connectivity index (χ0) is 35.2. The van der Waals surface area contributed by atoms with E-state index < -0.39 is 0 Å². The summed E-state index contributed by atoms with van der Waals surface area (Å²) >= 11 is 6.29. The fraction of sp³-hybridized carbons (Fsp3) is 0.238. The van der Waals surface area contributed by atoms with Gasteiger partial charge in [-0.25, -0.2) is 4.98 Å². The number of nitrogens with zero attached hydrogens (tertiary/aromatic N) is 2. The Morgan fingerprint density at radius 2 is 1.49 bits per heavy atom. The van der Waals surface area contributed by atoms with Gasteiger partial charge in [0.05, 0.1) is 40.6 Å². The van der Waals surface area contributed by atoms with Crippen LogP contribution in [-0.4, -0.2) is 49.4 Å². The molecule has 0 bridgehead atoms. The van der Waals surface area contributed by atoms with Gasteiger partial charge in [0.2, 0.25) is 0 Å². The van der Waals surface area contributed by atoms with E-state index >= 15 is 0 Å². The van der Waals surface area contributed by atoms with Gasteiger partial charge < -0.3 is 36.4 Å². The summed E-state index contributed by atoms with van der Waals surface area (Å²) in [7, 11) is 1.68. The van der Waals surface area contributed by atoms with E-state index in [1.165, 1.54) is 0 Å². The van der Waals surface area contributed by atoms with Gasteiger partial charge in [0.25, 0.3) is 0 Å². The van der Waals surface area contributed by atoms with E-state index in [1.54, 1.807) is 7.11 Å². The van der Waals surface area contributed by atoms with E-state index in [-0.39, 0.29) is 0 Å². The Morgan fingerprint density at radius 1 is 0.725 bits per heavy atom. The molecule has 0 saturated carbocycles. The lowest BCUT2D eigenvalue weighted by Gasteiger charge is -2.25. The molecule has 0 atom stereocenters. The zero-order valence-corrected chi connectivity index (χ0v) is 29.7. The van der Waals surface area contributed by atoms with Gasteiger partial charge in [-0.05, 0) is 117 Å². The minimum absolute atomic E-state index is 0.511. The summed E-state index contributed by atoms with van der Waals surface area (Å²) in [5.41, 5.74) is 14.4. The Hall–Kier alpha value is -5.15. The molecule has 0 radical (unpaired) electrons. The summed E-state index contributed by atoms with van der Waals surface area (Å²) in [5.74, 6) is 0.808. The number of fused-ring (bicyclic) bond motifs is 5. The Morgan fingerprint density at radius 3 is 2.29 bits per heavy atom. The maximum absolute atomic E-state index is 8.40. The second kappa shape index (κ2) is 15.8. The van der Waals surface area contributed by atoms with Gasteiger partial charge in [0, 0.05) is 45.5 Å². The molecule has 4 aromatic carbocycles. The standard InChI is InChI=1S/C42H44ClN7O/c1-51-32-13-17-38-37(27-32)41(35-14-10-29(43)24-39(35)49-38)48-22-6-20-46-18-5-19-47-21-7-23-50-40-26-31(45)12-16-34(40)33-15-11-30(44)25-36(33)42(50)28-8-3-2-4-9-28/h2-4,8-17,24-27,45-47H,5-7,18-23,44H2,1H3,(H,48,49). The van der Waals surface area contributed by atoms with Crippen LogP contribution in [0.15, 0.2) is 103 Å². The number of nitrogens with two attached hydrogens (primary N) is 1. The monoisotopic (exact) mass is 697 g/mol. The van der Waals surface area contributed by atoms with Crippen LogP contribution in [0.25, 0.3) is 55.1 Å². The number of methoxy groups -OCH3 is 1. The van der Waals surface area contributed by atoms with Crippen LogP contribution >= 0.6 is 11.6 Å². The molecule has 6 N–H and O–H groups in total. The fourth-order valence-electron chi connectivity index (χ4n) is 6.97. The first kappa shape index (κ1) is 34.3. The topological polar surface area (TPSA) is 113 Å². The maximum atomic E-state index is 8.40. The molecule has 1 aromatic heterocycles. The molecular formula is C42H44ClN7O. The SMILES string of the molecule is COc1ccc2nc3cc(Cl)ccc3c(NCCCNCCCNCCCn3c4cc(=N)ccc-4c4ccc(N)cc4c3-c3ccccc3)c2c1. The largest absolute Gasteiger partial charge is 0.497 e. The quantitative estimate of drug-likeness (QED) is 0.0319. The molecule has 260 valence electrons. The number of benzene rings is 5. The first-order valence-electron chi connectivity index (χ1n) is 17.7. The Kier molecular flexibility index (Phi) is 10.6. The highest BCUT2D eigenvalue weighted by Gasteiger charge is 2.19. The summed E-state index contributed by atoms with van der Waals surface area (Å²) in [5, 5.41) is 24.9. The van der Waals surface area contributed by atoms with Gasteiger partial charge in [-0.2, -0.15) is 0 Å². The number of hydrogen-bond donors (Lipinski definition) is 5. The normalized spacial score (nSPS) is 11.6. The van der Waals surface area contributed by atoms with E-state index in [4.69, 9.17) is 32.5 Å². The molecule has 2 aliphatic rings. The number of nitrogen functional groups attached to an aromatic ring is 1. The third-order valence-corrected chi connectivity index (χ3v) is 9.65. The maximum Gasteiger partial charge on any atom is 0.119 e. The van der Waals surface area contributed by atoms with E-state index in [0.29, 0.717) is 10.4 Å². The predicted octanol–water partition coefficient (Wildman–Crippen LogP) is 8.30. The molecule has 9 heteroatoms. The molecular weight excluding hydrogens is 654 g/mol. The molecule has 5 aromatic rings.